The maximum absolute atomic E-state index is 13.5. The molecule has 0 aliphatic heterocycles. The monoisotopic (exact) mass is 265 g/mol. The van der Waals surface area contributed by atoms with Gasteiger partial charge in [0.25, 0.3) is 0 Å². The Morgan fingerprint density at radius 3 is 2.47 bits per heavy atom. The number of aryl methyl sites for hydroxylation is 1. The first-order valence-electron chi connectivity index (χ1n) is 7.42. The summed E-state index contributed by atoms with van der Waals surface area (Å²) in [6, 6.07) is 7.60. The summed E-state index contributed by atoms with van der Waals surface area (Å²) in [7, 11) is 0. The molecule has 1 atom stereocenters. The highest BCUT2D eigenvalue weighted by Crippen LogP contribution is 2.24. The van der Waals surface area contributed by atoms with Crippen LogP contribution in [0.25, 0.3) is 0 Å². The van der Waals surface area contributed by atoms with Gasteiger partial charge in [0.1, 0.15) is 5.82 Å². The van der Waals surface area contributed by atoms with Crippen LogP contribution in [0.1, 0.15) is 52.5 Å². The third-order valence-electron chi connectivity index (χ3n) is 3.58. The highest BCUT2D eigenvalue weighted by Gasteiger charge is 2.23. The number of nitrogens with one attached hydrogen (secondary N) is 1. The fourth-order valence-electron chi connectivity index (χ4n) is 2.36. The number of benzene rings is 1. The van der Waals surface area contributed by atoms with Crippen molar-refractivity contribution < 1.29 is 4.39 Å². The first kappa shape index (κ1) is 16.2. The molecule has 0 amide bonds. The lowest BCUT2D eigenvalue weighted by molar-refractivity contribution is 0.251. The number of rotatable bonds is 7. The molecule has 0 fully saturated rings. The summed E-state index contributed by atoms with van der Waals surface area (Å²) in [6.07, 6.45) is 4.10. The first-order chi connectivity index (χ1) is 8.95. The van der Waals surface area contributed by atoms with E-state index in [1.807, 2.05) is 12.1 Å². The van der Waals surface area contributed by atoms with Crippen molar-refractivity contribution >= 4 is 0 Å². The number of hydrogen-bond acceptors (Lipinski definition) is 1. The summed E-state index contributed by atoms with van der Waals surface area (Å²) < 4.78 is 13.5. The van der Waals surface area contributed by atoms with E-state index in [9.17, 15) is 4.39 Å². The van der Waals surface area contributed by atoms with Crippen molar-refractivity contribution in [3.8, 4) is 0 Å². The smallest absolute Gasteiger partial charge is 0.126 e. The van der Waals surface area contributed by atoms with Gasteiger partial charge in [-0.15, -0.1) is 0 Å². The minimum atomic E-state index is -0.0728. The van der Waals surface area contributed by atoms with Crippen LogP contribution in [0.4, 0.5) is 4.39 Å². The van der Waals surface area contributed by atoms with Gasteiger partial charge in [0.05, 0.1) is 0 Å². The zero-order valence-electron chi connectivity index (χ0n) is 12.8. The minimum Gasteiger partial charge on any atom is -0.313 e. The molecule has 1 nitrogen and oxygen atoms in total. The van der Waals surface area contributed by atoms with E-state index in [1.54, 1.807) is 12.1 Å². The van der Waals surface area contributed by atoms with Crippen LogP contribution < -0.4 is 5.32 Å². The van der Waals surface area contributed by atoms with Gasteiger partial charge in [-0.1, -0.05) is 45.9 Å². The zero-order chi connectivity index (χ0) is 14.3. The largest absolute Gasteiger partial charge is 0.313 e. The number of halogens is 1. The molecule has 0 aromatic heterocycles. The molecule has 1 unspecified atom stereocenters. The Bertz CT molecular complexity index is 368. The first-order valence-corrected chi connectivity index (χ1v) is 7.42. The van der Waals surface area contributed by atoms with Gasteiger partial charge in [-0.25, -0.2) is 4.39 Å². The molecule has 1 rings (SSSR count). The maximum Gasteiger partial charge on any atom is 0.126 e. The lowest BCUT2D eigenvalue weighted by atomic mass is 9.83. The Morgan fingerprint density at radius 2 is 1.89 bits per heavy atom. The van der Waals surface area contributed by atoms with Crippen molar-refractivity contribution in [3.05, 3.63) is 35.6 Å². The fraction of sp³-hybridized carbons (Fsp3) is 0.647. The van der Waals surface area contributed by atoms with E-state index < -0.39 is 0 Å². The second kappa shape index (κ2) is 7.64. The van der Waals surface area contributed by atoms with E-state index in [1.165, 1.54) is 0 Å². The van der Waals surface area contributed by atoms with Crippen LogP contribution in [0, 0.1) is 11.2 Å². The summed E-state index contributed by atoms with van der Waals surface area (Å²) >= 11 is 0. The quantitative estimate of drug-likeness (QED) is 0.762. The molecule has 1 aromatic rings. The molecular weight excluding hydrogens is 237 g/mol. The molecule has 0 aliphatic carbocycles. The molecule has 0 bridgehead atoms. The molecule has 0 saturated carbocycles. The Balaban J connectivity index is 2.46. The summed E-state index contributed by atoms with van der Waals surface area (Å²) in [5.74, 6) is -0.0728. The Kier molecular flexibility index (Phi) is 6.50. The van der Waals surface area contributed by atoms with Gasteiger partial charge >= 0.3 is 0 Å². The lowest BCUT2D eigenvalue weighted by Gasteiger charge is -2.32. The van der Waals surface area contributed by atoms with Gasteiger partial charge in [-0.05, 0) is 49.3 Å². The normalized spacial score (nSPS) is 13.5. The van der Waals surface area contributed by atoms with Gasteiger partial charge < -0.3 is 5.32 Å². The Hall–Kier alpha value is -0.890. The molecule has 0 heterocycles. The highest BCUT2D eigenvalue weighted by atomic mass is 19.1. The molecule has 0 aliphatic rings. The molecule has 0 saturated heterocycles. The highest BCUT2D eigenvalue weighted by molar-refractivity contribution is 5.17. The van der Waals surface area contributed by atoms with Crippen LogP contribution in [0.2, 0.25) is 0 Å². The van der Waals surface area contributed by atoms with E-state index in [4.69, 9.17) is 0 Å². The Morgan fingerprint density at radius 1 is 1.21 bits per heavy atom. The molecule has 0 radical (unpaired) electrons. The predicted octanol–water partition coefficient (Wildman–Crippen LogP) is 4.56. The van der Waals surface area contributed by atoms with E-state index in [0.29, 0.717) is 6.04 Å². The van der Waals surface area contributed by atoms with Gasteiger partial charge in [0.15, 0.2) is 0 Å². The van der Waals surface area contributed by atoms with Crippen LogP contribution in [0.15, 0.2) is 24.3 Å². The molecular formula is C17H28FN. The van der Waals surface area contributed by atoms with E-state index >= 15 is 0 Å². The van der Waals surface area contributed by atoms with Crippen molar-refractivity contribution in [2.24, 2.45) is 5.41 Å². The zero-order valence-corrected chi connectivity index (χ0v) is 12.8. The topological polar surface area (TPSA) is 12.0 Å². The summed E-state index contributed by atoms with van der Waals surface area (Å²) in [4.78, 5) is 0. The standard InChI is InChI=1S/C17H28FN/c1-5-13-19-16(17(2,3)4)12-8-10-14-9-6-7-11-15(14)18/h6-7,9,11,16,19H,5,8,10,12-13H2,1-4H3. The molecule has 2 heteroatoms. The van der Waals surface area contributed by atoms with Crippen molar-refractivity contribution in [1.29, 1.82) is 0 Å². The summed E-state index contributed by atoms with van der Waals surface area (Å²) in [5.41, 5.74) is 1.09. The molecule has 1 N–H and O–H groups in total. The van der Waals surface area contributed by atoms with Crippen molar-refractivity contribution in [2.75, 3.05) is 6.54 Å². The van der Waals surface area contributed by atoms with Crippen molar-refractivity contribution in [2.45, 2.75) is 59.4 Å². The van der Waals surface area contributed by atoms with Crippen LogP contribution in [0.3, 0.4) is 0 Å². The van der Waals surface area contributed by atoms with E-state index in [0.717, 1.165) is 37.8 Å². The maximum atomic E-state index is 13.5. The molecule has 108 valence electrons. The molecule has 19 heavy (non-hydrogen) atoms. The van der Waals surface area contributed by atoms with Crippen molar-refractivity contribution in [3.63, 3.8) is 0 Å². The van der Waals surface area contributed by atoms with Crippen LogP contribution in [-0.2, 0) is 6.42 Å². The summed E-state index contributed by atoms with van der Waals surface area (Å²) in [5, 5.41) is 3.62. The SMILES string of the molecule is CCCNC(CCCc1ccccc1F)C(C)(C)C. The third kappa shape index (κ3) is 5.73. The van der Waals surface area contributed by atoms with Crippen LogP contribution in [-0.4, -0.2) is 12.6 Å². The van der Waals surface area contributed by atoms with Crippen molar-refractivity contribution in [1.82, 2.24) is 5.32 Å². The fourth-order valence-corrected chi connectivity index (χ4v) is 2.36. The summed E-state index contributed by atoms with van der Waals surface area (Å²) in [6.45, 7) is 10.0. The van der Waals surface area contributed by atoms with Crippen LogP contribution in [0.5, 0.6) is 0 Å². The van der Waals surface area contributed by atoms with Gasteiger partial charge in [-0.2, -0.15) is 0 Å². The van der Waals surface area contributed by atoms with E-state index in [-0.39, 0.29) is 11.2 Å². The average molecular weight is 265 g/mol. The Labute approximate surface area is 117 Å². The number of hydrogen-bond donors (Lipinski definition) is 1. The average Bonchev–Trinajstić information content (AvgIpc) is 2.34. The van der Waals surface area contributed by atoms with E-state index in [2.05, 4.69) is 33.0 Å². The second-order valence-electron chi connectivity index (χ2n) is 6.36. The lowest BCUT2D eigenvalue weighted by Crippen LogP contribution is -2.40. The second-order valence-corrected chi connectivity index (χ2v) is 6.36. The predicted molar refractivity (Wildman–Crippen MR) is 80.9 cm³/mol. The van der Waals surface area contributed by atoms with Gasteiger partial charge in [0.2, 0.25) is 0 Å². The molecule has 0 spiro atoms. The minimum absolute atomic E-state index is 0.0728. The third-order valence-corrected chi connectivity index (χ3v) is 3.58. The molecule has 1 aromatic carbocycles. The van der Waals surface area contributed by atoms with Crippen LogP contribution >= 0.6 is 0 Å². The van der Waals surface area contributed by atoms with Gasteiger partial charge in [-0.3, -0.25) is 0 Å². The van der Waals surface area contributed by atoms with Gasteiger partial charge in [0, 0.05) is 6.04 Å².